The smallest absolute Gasteiger partial charge is 2.00 e. The molecule has 61 valence electrons. The molecule has 0 aliphatic rings. The molecule has 0 aliphatic carbocycles. The molecule has 0 N–H and O–H groups in total. The van der Waals surface area contributed by atoms with Crippen LogP contribution in [0.4, 0.5) is 0 Å². The number of halogens is 3. The molecule has 0 rings (SSSR count). The van der Waals surface area contributed by atoms with Crippen molar-refractivity contribution in [2.24, 2.45) is 0 Å². The first-order chi connectivity index (χ1) is 3.73. The van der Waals surface area contributed by atoms with Crippen LogP contribution >= 0.6 is 30.3 Å². The Morgan fingerprint density at radius 1 is 1.10 bits per heavy atom. The largest absolute Gasteiger partial charge is 2.00 e. The standard InChI is InChI=1S/3ClH.Fe.H2O4S.Zn/c;;;;1-5(2,3)4;/h3*1H;;(H2,1,2,3,4);/q;;;+3;;+2/p-5. The van der Waals surface area contributed by atoms with Crippen molar-refractivity contribution in [1.29, 1.82) is 0 Å². The third-order valence-corrected chi connectivity index (χ3v) is 0. The van der Waals surface area contributed by atoms with Gasteiger partial charge in [-0.2, -0.15) is 0 Å². The molecule has 0 radical (unpaired) electrons. The maximum Gasteiger partial charge on any atom is 2.00 e. The van der Waals surface area contributed by atoms with Crippen LogP contribution in [0.1, 0.15) is 0 Å². The van der Waals surface area contributed by atoms with Crippen LogP contribution in [-0.4, -0.2) is 17.5 Å². The second-order valence-electron chi connectivity index (χ2n) is 0.560. The molecule has 0 fully saturated rings. The maximum atomic E-state index is 8.52. The van der Waals surface area contributed by atoms with E-state index in [-0.39, 0.29) is 19.5 Å². The monoisotopic (exact) mass is 321 g/mol. The average molecular weight is 324 g/mol. The summed E-state index contributed by atoms with van der Waals surface area (Å²) in [6, 6.07) is 0. The summed E-state index contributed by atoms with van der Waals surface area (Å²) in [7, 11) is 9.50. The van der Waals surface area contributed by atoms with Crippen molar-refractivity contribution in [2.75, 3.05) is 0 Å². The number of hydrogen-bond acceptors (Lipinski definition) is 4. The topological polar surface area (TPSA) is 80.3 Å². The third-order valence-electron chi connectivity index (χ3n) is 0. The van der Waals surface area contributed by atoms with E-state index in [9.17, 15) is 0 Å². The minimum atomic E-state index is -5.17. The summed E-state index contributed by atoms with van der Waals surface area (Å²) in [5.41, 5.74) is 0. The van der Waals surface area contributed by atoms with Crippen molar-refractivity contribution in [3.8, 4) is 0 Å². The van der Waals surface area contributed by atoms with E-state index in [1.165, 1.54) is 0 Å². The molecule has 0 unspecified atom stereocenters. The van der Waals surface area contributed by atoms with Crippen LogP contribution in [0.25, 0.3) is 0 Å². The summed E-state index contributed by atoms with van der Waals surface area (Å²) < 4.78 is 34.1. The predicted molar refractivity (Wildman–Crippen MR) is 28.0 cm³/mol. The molecule has 4 nitrogen and oxygen atoms in total. The minimum Gasteiger partial charge on any atom is 2.00 e. The third kappa shape index (κ3) is 220. The molecule has 10 heteroatoms. The first-order valence-electron chi connectivity index (χ1n) is 1.07. The van der Waals surface area contributed by atoms with Crippen molar-refractivity contribution in [1.82, 2.24) is 0 Å². The number of hydrogen-bond donors (Lipinski definition) is 0. The van der Waals surface area contributed by atoms with Crippen molar-refractivity contribution in [2.45, 2.75) is 0 Å². The van der Waals surface area contributed by atoms with Gasteiger partial charge in [0.1, 0.15) is 0 Å². The Labute approximate surface area is 88.1 Å². The Hall–Kier alpha value is 1.88. The van der Waals surface area contributed by atoms with E-state index >= 15 is 0 Å². The summed E-state index contributed by atoms with van der Waals surface area (Å²) >= 11 is -1.33. The summed E-state index contributed by atoms with van der Waals surface area (Å²) in [4.78, 5) is 0. The van der Waals surface area contributed by atoms with Crippen LogP contribution in [0.5, 0.6) is 0 Å². The number of rotatable bonds is 0. The fraction of sp³-hybridized carbons (Fsp3) is 0. The average Bonchev–Trinajstić information content (AvgIpc) is 1.19. The van der Waals surface area contributed by atoms with Crippen LogP contribution in [0, 0.1) is 0 Å². The molecule has 0 bridgehead atoms. The summed E-state index contributed by atoms with van der Waals surface area (Å²) in [6.07, 6.45) is 0. The zero-order chi connectivity index (χ0) is 8.08. The van der Waals surface area contributed by atoms with Crippen molar-refractivity contribution in [3.63, 3.8) is 0 Å². The molecule has 10 heavy (non-hydrogen) atoms. The minimum absolute atomic E-state index is 0. The van der Waals surface area contributed by atoms with Crippen molar-refractivity contribution in [3.05, 3.63) is 0 Å². The van der Waals surface area contributed by atoms with E-state index in [1.54, 1.807) is 0 Å². The Bertz CT molecular complexity index is 132. The van der Waals surface area contributed by atoms with Crippen LogP contribution in [0.2, 0.25) is 0 Å². The molecule has 0 amide bonds. The van der Waals surface area contributed by atoms with Gasteiger partial charge in [-0.15, -0.1) is 0 Å². The molecule has 0 aliphatic heterocycles. The van der Waals surface area contributed by atoms with Gasteiger partial charge in [-0.3, -0.25) is 8.42 Å². The van der Waals surface area contributed by atoms with E-state index in [4.69, 9.17) is 47.8 Å². The molecule has 0 saturated carbocycles. The second-order valence-corrected chi connectivity index (χ2v) is 6.85. The Kier molecular flexibility index (Phi) is 16.0. The molecule has 0 spiro atoms. The van der Waals surface area contributed by atoms with Gasteiger partial charge in [-0.05, 0) is 0 Å². The quantitative estimate of drug-likeness (QED) is 0.374. The molecule has 0 heterocycles. The van der Waals surface area contributed by atoms with Gasteiger partial charge in [-0.1, -0.05) is 0 Å². The zero-order valence-electron chi connectivity index (χ0n) is 4.24. The molecule has 0 aromatic carbocycles. The molecule has 0 aromatic rings. The molecular formula is Cl3FeO4SZn. The van der Waals surface area contributed by atoms with Gasteiger partial charge in [0.05, 0.1) is 0 Å². The van der Waals surface area contributed by atoms with E-state index < -0.39 is 21.6 Å². The van der Waals surface area contributed by atoms with E-state index in [0.717, 1.165) is 0 Å². The van der Waals surface area contributed by atoms with Crippen molar-refractivity contribution >= 4 is 40.7 Å². The van der Waals surface area contributed by atoms with Gasteiger partial charge in [0.15, 0.2) is 0 Å². The summed E-state index contributed by atoms with van der Waals surface area (Å²) in [5, 5.41) is 0. The molecular weight excluding hydrogens is 324 g/mol. The van der Waals surface area contributed by atoms with Crippen LogP contribution < -0.4 is 0 Å². The fourth-order valence-electron chi connectivity index (χ4n) is 0. The van der Waals surface area contributed by atoms with E-state index in [1.807, 2.05) is 0 Å². The zero-order valence-corrected chi connectivity index (χ0v) is 11.4. The second kappa shape index (κ2) is 8.97. The van der Waals surface area contributed by atoms with Gasteiger partial charge in [0, 0.05) is 10.4 Å². The van der Waals surface area contributed by atoms with Gasteiger partial charge in [0.25, 0.3) is 0 Å². The Morgan fingerprint density at radius 2 is 1.10 bits per heavy atom. The maximum absolute atomic E-state index is 8.52. The van der Waals surface area contributed by atoms with Gasteiger partial charge in [0.2, 0.25) is 0 Å². The summed E-state index contributed by atoms with van der Waals surface area (Å²) in [5.74, 6) is 0. The van der Waals surface area contributed by atoms with Crippen LogP contribution in [0.3, 0.4) is 0 Å². The fourth-order valence-corrected chi connectivity index (χ4v) is 0. The SMILES string of the molecule is O=S(=O)([O-])[O-].[Cl][Fe]([Cl])[Cl].[Zn+2]. The molecule has 0 saturated heterocycles. The van der Waals surface area contributed by atoms with Crippen LogP contribution in [0.15, 0.2) is 0 Å². The van der Waals surface area contributed by atoms with Gasteiger partial charge < -0.3 is 9.11 Å². The first-order valence-corrected chi connectivity index (χ1v) is 6.96. The first kappa shape index (κ1) is 17.8. The van der Waals surface area contributed by atoms with E-state index in [2.05, 4.69) is 0 Å². The van der Waals surface area contributed by atoms with Crippen LogP contribution in [-0.2, 0) is 41.0 Å². The predicted octanol–water partition coefficient (Wildman–Crippen LogP) is 0.726. The van der Waals surface area contributed by atoms with Gasteiger partial charge in [-0.25, -0.2) is 0 Å². The Balaban J connectivity index is -0.0000000910. The molecule has 0 atom stereocenters. The normalized spacial score (nSPS) is 10.3. The van der Waals surface area contributed by atoms with E-state index in [0.29, 0.717) is 0 Å². The Morgan fingerprint density at radius 3 is 1.10 bits per heavy atom. The van der Waals surface area contributed by atoms with Crippen molar-refractivity contribution < 1.29 is 48.2 Å². The summed E-state index contributed by atoms with van der Waals surface area (Å²) in [6.45, 7) is 0. The van der Waals surface area contributed by atoms with Gasteiger partial charge >= 0.3 is 60.9 Å². The molecule has 0 aromatic heterocycles.